The summed E-state index contributed by atoms with van der Waals surface area (Å²) < 4.78 is 0. The third-order valence-electron chi connectivity index (χ3n) is 4.71. The van der Waals surface area contributed by atoms with Gasteiger partial charge in [-0.1, -0.05) is 12.8 Å². The summed E-state index contributed by atoms with van der Waals surface area (Å²) >= 11 is 2.07. The zero-order valence-corrected chi connectivity index (χ0v) is 13.1. The molecule has 2 rings (SSSR count). The van der Waals surface area contributed by atoms with Crippen LogP contribution in [0.4, 0.5) is 0 Å². The van der Waals surface area contributed by atoms with Crippen molar-refractivity contribution in [3.05, 3.63) is 0 Å². The molecule has 0 aromatic heterocycles. The van der Waals surface area contributed by atoms with E-state index in [0.717, 1.165) is 23.4 Å². The number of hydrogen-bond donors (Lipinski definition) is 1. The minimum atomic E-state index is 0.722. The maximum Gasteiger partial charge on any atom is 0.0198 e. The second kappa shape index (κ2) is 7.16. The summed E-state index contributed by atoms with van der Waals surface area (Å²) in [7, 11) is 0. The van der Waals surface area contributed by atoms with E-state index in [4.69, 9.17) is 0 Å². The van der Waals surface area contributed by atoms with Crippen LogP contribution < -0.4 is 5.32 Å². The largest absolute Gasteiger partial charge is 0.310 e. The molecule has 18 heavy (non-hydrogen) atoms. The second-order valence-corrected chi connectivity index (χ2v) is 7.31. The monoisotopic (exact) mass is 270 g/mol. The molecule has 3 heteroatoms. The van der Waals surface area contributed by atoms with Crippen LogP contribution in [-0.2, 0) is 0 Å². The molecule has 0 bridgehead atoms. The van der Waals surface area contributed by atoms with Gasteiger partial charge >= 0.3 is 0 Å². The molecule has 106 valence electrons. The maximum absolute atomic E-state index is 3.97. The van der Waals surface area contributed by atoms with Crippen molar-refractivity contribution >= 4 is 11.8 Å². The lowest BCUT2D eigenvalue weighted by atomic mass is 9.93. The Balaban J connectivity index is 1.76. The minimum Gasteiger partial charge on any atom is -0.310 e. The van der Waals surface area contributed by atoms with Gasteiger partial charge in [-0.25, -0.2) is 0 Å². The fourth-order valence-corrected chi connectivity index (χ4v) is 4.40. The van der Waals surface area contributed by atoms with E-state index < -0.39 is 0 Å². The molecule has 1 heterocycles. The number of rotatable bonds is 4. The van der Waals surface area contributed by atoms with Gasteiger partial charge in [0, 0.05) is 23.4 Å². The van der Waals surface area contributed by atoms with Gasteiger partial charge in [0.15, 0.2) is 0 Å². The van der Waals surface area contributed by atoms with Crippen LogP contribution in [0.1, 0.15) is 52.4 Å². The molecule has 1 saturated carbocycles. The molecular weight excluding hydrogens is 240 g/mol. The van der Waals surface area contributed by atoms with E-state index >= 15 is 0 Å². The van der Waals surface area contributed by atoms with Crippen LogP contribution in [0.15, 0.2) is 0 Å². The van der Waals surface area contributed by atoms with E-state index in [0.29, 0.717) is 0 Å². The molecule has 0 amide bonds. The number of thioether (sulfide) groups is 1. The van der Waals surface area contributed by atoms with Gasteiger partial charge in [-0.05, 0) is 58.9 Å². The molecule has 1 saturated heterocycles. The predicted molar refractivity (Wildman–Crippen MR) is 82.4 cm³/mol. The second-order valence-electron chi connectivity index (χ2n) is 6.24. The van der Waals surface area contributed by atoms with Crippen LogP contribution in [0.25, 0.3) is 0 Å². The molecule has 2 unspecified atom stereocenters. The van der Waals surface area contributed by atoms with Gasteiger partial charge in [0.25, 0.3) is 0 Å². The van der Waals surface area contributed by atoms with Crippen LogP contribution in [0, 0.1) is 0 Å². The lowest BCUT2D eigenvalue weighted by molar-refractivity contribution is 0.153. The van der Waals surface area contributed by atoms with Crippen molar-refractivity contribution in [1.82, 2.24) is 10.2 Å². The molecule has 2 atom stereocenters. The van der Waals surface area contributed by atoms with Crippen molar-refractivity contribution in [2.45, 2.75) is 75.7 Å². The van der Waals surface area contributed by atoms with Crippen molar-refractivity contribution in [2.75, 3.05) is 19.3 Å². The van der Waals surface area contributed by atoms with E-state index in [1.165, 1.54) is 51.6 Å². The first-order valence-corrected chi connectivity index (χ1v) is 9.02. The first kappa shape index (κ1) is 14.7. The van der Waals surface area contributed by atoms with Crippen LogP contribution in [0.2, 0.25) is 0 Å². The Labute approximate surface area is 117 Å². The lowest BCUT2D eigenvalue weighted by Gasteiger charge is -2.39. The zero-order chi connectivity index (χ0) is 13.0. The number of piperidine rings is 1. The molecule has 1 N–H and O–H groups in total. The van der Waals surface area contributed by atoms with Crippen molar-refractivity contribution in [1.29, 1.82) is 0 Å². The van der Waals surface area contributed by atoms with Gasteiger partial charge < -0.3 is 10.2 Å². The third kappa shape index (κ3) is 3.88. The Morgan fingerprint density at radius 1 is 1.06 bits per heavy atom. The molecule has 2 fully saturated rings. The van der Waals surface area contributed by atoms with Crippen LogP contribution in [-0.4, -0.2) is 47.6 Å². The Hall–Kier alpha value is 0.270. The van der Waals surface area contributed by atoms with Gasteiger partial charge in [0.1, 0.15) is 0 Å². The molecule has 2 nitrogen and oxygen atoms in total. The molecule has 0 aromatic carbocycles. The van der Waals surface area contributed by atoms with Crippen molar-refractivity contribution in [2.24, 2.45) is 0 Å². The van der Waals surface area contributed by atoms with Crippen LogP contribution >= 0.6 is 11.8 Å². The first-order chi connectivity index (χ1) is 8.70. The summed E-state index contributed by atoms with van der Waals surface area (Å²) in [6, 6.07) is 2.28. The summed E-state index contributed by atoms with van der Waals surface area (Å²) in [5.74, 6) is 0. The highest BCUT2D eigenvalue weighted by Gasteiger charge is 2.28. The molecule has 1 aliphatic carbocycles. The summed E-state index contributed by atoms with van der Waals surface area (Å²) in [5.41, 5.74) is 0. The normalized spacial score (nSPS) is 32.0. The lowest BCUT2D eigenvalue weighted by Crippen LogP contribution is -2.51. The molecule has 0 spiro atoms. The zero-order valence-electron chi connectivity index (χ0n) is 12.3. The topological polar surface area (TPSA) is 15.3 Å². The number of nitrogens with one attached hydrogen (secondary N) is 1. The average Bonchev–Trinajstić information content (AvgIpc) is 2.40. The minimum absolute atomic E-state index is 0.722. The quantitative estimate of drug-likeness (QED) is 0.845. The van der Waals surface area contributed by atoms with E-state index in [2.05, 4.69) is 42.1 Å². The average molecular weight is 270 g/mol. The molecular formula is C15H30N2S. The standard InChI is InChI=1S/C15H30N2S/c1-12(2)17-10-8-13(9-11-17)16-14-6-4-5-7-15(14)18-3/h12-16H,4-11H2,1-3H3. The summed E-state index contributed by atoms with van der Waals surface area (Å²) in [5, 5.41) is 4.83. The molecule has 2 aliphatic rings. The van der Waals surface area contributed by atoms with Gasteiger partial charge in [-0.2, -0.15) is 11.8 Å². The fraction of sp³-hybridized carbons (Fsp3) is 1.00. The van der Waals surface area contributed by atoms with E-state index in [1.54, 1.807) is 0 Å². The maximum atomic E-state index is 3.97. The highest BCUT2D eigenvalue weighted by atomic mass is 32.2. The summed E-state index contributed by atoms with van der Waals surface area (Å²) in [4.78, 5) is 2.62. The highest BCUT2D eigenvalue weighted by Crippen LogP contribution is 2.28. The van der Waals surface area contributed by atoms with Gasteiger partial charge in [-0.3, -0.25) is 0 Å². The Morgan fingerprint density at radius 2 is 1.72 bits per heavy atom. The molecule has 1 aliphatic heterocycles. The van der Waals surface area contributed by atoms with Crippen molar-refractivity contribution < 1.29 is 0 Å². The third-order valence-corrected chi connectivity index (χ3v) is 5.88. The number of nitrogens with zero attached hydrogens (tertiary/aromatic N) is 1. The van der Waals surface area contributed by atoms with E-state index in [-0.39, 0.29) is 0 Å². The molecule has 0 radical (unpaired) electrons. The SMILES string of the molecule is CSC1CCCCC1NC1CCN(C(C)C)CC1. The smallest absolute Gasteiger partial charge is 0.0198 e. The Morgan fingerprint density at radius 3 is 2.33 bits per heavy atom. The van der Waals surface area contributed by atoms with Gasteiger partial charge in [-0.15, -0.1) is 0 Å². The summed E-state index contributed by atoms with van der Waals surface area (Å²) in [6.45, 7) is 7.20. The van der Waals surface area contributed by atoms with E-state index in [9.17, 15) is 0 Å². The predicted octanol–water partition coefficient (Wildman–Crippen LogP) is 3.12. The van der Waals surface area contributed by atoms with E-state index in [1.807, 2.05) is 0 Å². The van der Waals surface area contributed by atoms with Crippen LogP contribution in [0.5, 0.6) is 0 Å². The fourth-order valence-electron chi connectivity index (χ4n) is 3.45. The number of hydrogen-bond acceptors (Lipinski definition) is 3. The number of likely N-dealkylation sites (tertiary alicyclic amines) is 1. The van der Waals surface area contributed by atoms with Crippen molar-refractivity contribution in [3.63, 3.8) is 0 Å². The first-order valence-electron chi connectivity index (χ1n) is 7.73. The van der Waals surface area contributed by atoms with Crippen LogP contribution in [0.3, 0.4) is 0 Å². The summed E-state index contributed by atoms with van der Waals surface area (Å²) in [6.07, 6.45) is 10.7. The highest BCUT2D eigenvalue weighted by molar-refractivity contribution is 7.99. The van der Waals surface area contributed by atoms with Gasteiger partial charge in [0.05, 0.1) is 0 Å². The van der Waals surface area contributed by atoms with Crippen molar-refractivity contribution in [3.8, 4) is 0 Å². The molecule has 0 aromatic rings. The van der Waals surface area contributed by atoms with Gasteiger partial charge in [0.2, 0.25) is 0 Å². The Kier molecular flexibility index (Phi) is 5.84. The Bertz CT molecular complexity index is 237.